The predicted molar refractivity (Wildman–Crippen MR) is 91.1 cm³/mol. The van der Waals surface area contributed by atoms with E-state index in [0.717, 1.165) is 0 Å². The number of aliphatic hydroxyl groups is 3. The van der Waals surface area contributed by atoms with Crippen molar-refractivity contribution in [1.82, 2.24) is 0 Å². The van der Waals surface area contributed by atoms with Crippen LogP contribution in [-0.2, 0) is 4.79 Å². The van der Waals surface area contributed by atoms with Crippen molar-refractivity contribution >= 4 is 5.97 Å². The highest BCUT2D eigenvalue weighted by atomic mass is 16.4. The molecule has 0 saturated heterocycles. The number of aliphatic hydroxyl groups excluding tert-OH is 3. The van der Waals surface area contributed by atoms with Gasteiger partial charge in [-0.3, -0.25) is 0 Å². The van der Waals surface area contributed by atoms with Crippen LogP contribution >= 0.6 is 0 Å². The van der Waals surface area contributed by atoms with Gasteiger partial charge in [-0.2, -0.15) is 0 Å². The van der Waals surface area contributed by atoms with Gasteiger partial charge < -0.3 is 20.4 Å². The number of rotatable bonds is 3. The van der Waals surface area contributed by atoms with E-state index < -0.39 is 24.3 Å². The summed E-state index contributed by atoms with van der Waals surface area (Å²) < 4.78 is 0. The van der Waals surface area contributed by atoms with Gasteiger partial charge in [0.1, 0.15) is 0 Å². The molecule has 0 aromatic heterocycles. The molecule has 0 radical (unpaired) electrons. The highest BCUT2D eigenvalue weighted by Crippen LogP contribution is 2.51. The second-order valence-electron chi connectivity index (χ2n) is 7.76. The fourth-order valence-electron chi connectivity index (χ4n) is 4.71. The molecule has 24 heavy (non-hydrogen) atoms. The van der Waals surface area contributed by atoms with E-state index >= 15 is 0 Å². The Morgan fingerprint density at radius 1 is 1.00 bits per heavy atom. The molecule has 9 atom stereocenters. The summed E-state index contributed by atoms with van der Waals surface area (Å²) in [7, 11) is 0. The van der Waals surface area contributed by atoms with Crippen molar-refractivity contribution in [2.24, 2.45) is 35.5 Å². The molecular formula is C19H30O5. The molecule has 0 unspecified atom stereocenters. The van der Waals surface area contributed by atoms with Gasteiger partial charge in [-0.15, -0.1) is 0 Å². The Balaban J connectivity index is 2.31. The van der Waals surface area contributed by atoms with Crippen LogP contribution in [0.4, 0.5) is 0 Å². The van der Waals surface area contributed by atoms with Crippen molar-refractivity contribution in [3.05, 3.63) is 23.8 Å². The summed E-state index contributed by atoms with van der Waals surface area (Å²) >= 11 is 0. The van der Waals surface area contributed by atoms with Crippen LogP contribution in [0.5, 0.6) is 0 Å². The maximum absolute atomic E-state index is 10.9. The quantitative estimate of drug-likeness (QED) is 0.465. The van der Waals surface area contributed by atoms with E-state index in [2.05, 4.69) is 0 Å². The molecule has 2 aliphatic rings. The minimum absolute atomic E-state index is 0.0107. The largest absolute Gasteiger partial charge is 0.478 e. The Morgan fingerprint density at radius 2 is 1.62 bits per heavy atom. The van der Waals surface area contributed by atoms with Gasteiger partial charge in [-0.1, -0.05) is 39.0 Å². The van der Waals surface area contributed by atoms with Crippen LogP contribution < -0.4 is 0 Å². The van der Waals surface area contributed by atoms with E-state index in [9.17, 15) is 20.1 Å². The lowest BCUT2D eigenvalue weighted by Crippen LogP contribution is -2.58. The summed E-state index contributed by atoms with van der Waals surface area (Å²) in [5.74, 6) is -0.997. The van der Waals surface area contributed by atoms with E-state index in [-0.39, 0.29) is 41.1 Å². The zero-order chi connectivity index (χ0) is 18.2. The van der Waals surface area contributed by atoms with E-state index in [1.807, 2.05) is 26.8 Å². The normalized spacial score (nSPS) is 46.8. The molecule has 5 nitrogen and oxygen atoms in total. The number of aliphatic carboxylic acids is 1. The first kappa shape index (κ1) is 19.2. The standard InChI is InChI=1S/C19H30O5/c1-9(19(23)24)6-5-7-13-11(3)17(21)18(22)14-8-10(2)16(20)12(4)15(13)14/h5-7,10-18,20-22H,8H2,1-4H3,(H,23,24)/b7-5+,9-6+/t10-,11-,12+,13+,14+,15+,16+,17+,18+/m1/s1. The van der Waals surface area contributed by atoms with Gasteiger partial charge in [0.2, 0.25) is 0 Å². The van der Waals surface area contributed by atoms with Gasteiger partial charge in [-0.25, -0.2) is 4.79 Å². The third-order valence-corrected chi connectivity index (χ3v) is 6.26. The van der Waals surface area contributed by atoms with E-state index in [0.29, 0.717) is 6.42 Å². The molecule has 0 heterocycles. The number of hydrogen-bond acceptors (Lipinski definition) is 4. The molecule has 4 N–H and O–H groups in total. The second kappa shape index (κ2) is 7.38. The van der Waals surface area contributed by atoms with Gasteiger partial charge in [0, 0.05) is 5.57 Å². The van der Waals surface area contributed by atoms with Crippen molar-refractivity contribution in [3.8, 4) is 0 Å². The van der Waals surface area contributed by atoms with Crippen LogP contribution in [0.1, 0.15) is 34.1 Å². The Labute approximate surface area is 143 Å². The third-order valence-electron chi connectivity index (χ3n) is 6.26. The van der Waals surface area contributed by atoms with Crippen molar-refractivity contribution < 1.29 is 25.2 Å². The maximum atomic E-state index is 10.9. The van der Waals surface area contributed by atoms with Crippen LogP contribution in [0, 0.1) is 35.5 Å². The lowest BCUT2D eigenvalue weighted by atomic mass is 9.54. The lowest BCUT2D eigenvalue weighted by molar-refractivity contribution is -0.164. The lowest BCUT2D eigenvalue weighted by Gasteiger charge is -2.54. The maximum Gasteiger partial charge on any atom is 0.331 e. The molecule has 0 aromatic carbocycles. The van der Waals surface area contributed by atoms with E-state index in [1.165, 1.54) is 6.92 Å². The fraction of sp³-hybridized carbons (Fsp3) is 0.737. The minimum Gasteiger partial charge on any atom is -0.478 e. The van der Waals surface area contributed by atoms with Crippen LogP contribution in [0.3, 0.4) is 0 Å². The fourth-order valence-corrected chi connectivity index (χ4v) is 4.71. The number of carbonyl (C=O) groups is 1. The predicted octanol–water partition coefficient (Wildman–Crippen LogP) is 1.83. The van der Waals surface area contributed by atoms with Crippen molar-refractivity contribution in [2.45, 2.75) is 52.4 Å². The number of fused-ring (bicyclic) bond motifs is 1. The Bertz CT molecular complexity index is 526. The zero-order valence-electron chi connectivity index (χ0n) is 14.8. The summed E-state index contributed by atoms with van der Waals surface area (Å²) in [6.07, 6.45) is 3.90. The Hall–Kier alpha value is -1.17. The van der Waals surface area contributed by atoms with Gasteiger partial charge in [0.05, 0.1) is 18.3 Å². The number of allylic oxidation sites excluding steroid dienone is 3. The number of carboxylic acid groups (broad SMARTS) is 1. The highest BCUT2D eigenvalue weighted by Gasteiger charge is 2.53. The minimum atomic E-state index is -0.958. The summed E-state index contributed by atoms with van der Waals surface area (Å²) in [5.41, 5.74) is 0.247. The molecule has 2 saturated carbocycles. The molecule has 2 rings (SSSR count). The number of hydrogen-bond donors (Lipinski definition) is 4. The molecule has 0 aromatic rings. The van der Waals surface area contributed by atoms with Crippen LogP contribution in [0.15, 0.2) is 23.8 Å². The third kappa shape index (κ3) is 3.44. The molecule has 0 spiro atoms. The first-order chi connectivity index (χ1) is 11.2. The van der Waals surface area contributed by atoms with Gasteiger partial charge in [0.15, 0.2) is 0 Å². The van der Waals surface area contributed by atoms with Crippen LogP contribution in [-0.4, -0.2) is 44.7 Å². The molecule has 0 amide bonds. The molecule has 0 aliphatic heterocycles. The highest BCUT2D eigenvalue weighted by molar-refractivity contribution is 5.86. The number of carboxylic acids is 1. The van der Waals surface area contributed by atoms with Crippen molar-refractivity contribution in [3.63, 3.8) is 0 Å². The molecule has 5 heteroatoms. The Kier molecular flexibility index (Phi) is 5.89. The zero-order valence-corrected chi connectivity index (χ0v) is 14.8. The first-order valence-electron chi connectivity index (χ1n) is 8.79. The average Bonchev–Trinajstić information content (AvgIpc) is 2.53. The van der Waals surface area contributed by atoms with Crippen molar-refractivity contribution in [2.75, 3.05) is 0 Å². The van der Waals surface area contributed by atoms with Crippen LogP contribution in [0.25, 0.3) is 0 Å². The SMILES string of the molecule is C/C(=C\C=C\[C@H]1[C@@H](C)[C@H](O)[C@@H](O)[C@H]2C[C@@H](C)[C@H](O)[C@@H](C)[C@@H]12)C(=O)O. The average molecular weight is 338 g/mol. The first-order valence-corrected chi connectivity index (χ1v) is 8.79. The van der Waals surface area contributed by atoms with Gasteiger partial charge >= 0.3 is 5.97 Å². The summed E-state index contributed by atoms with van der Waals surface area (Å²) in [6, 6.07) is 0. The van der Waals surface area contributed by atoms with Gasteiger partial charge in [-0.05, 0) is 48.9 Å². The monoisotopic (exact) mass is 338 g/mol. The molecule has 2 fully saturated rings. The molecule has 2 aliphatic carbocycles. The topological polar surface area (TPSA) is 98.0 Å². The second-order valence-corrected chi connectivity index (χ2v) is 7.76. The smallest absolute Gasteiger partial charge is 0.331 e. The molecular weight excluding hydrogens is 308 g/mol. The van der Waals surface area contributed by atoms with Crippen LogP contribution in [0.2, 0.25) is 0 Å². The van der Waals surface area contributed by atoms with E-state index in [1.54, 1.807) is 12.2 Å². The van der Waals surface area contributed by atoms with Crippen molar-refractivity contribution in [1.29, 1.82) is 0 Å². The summed E-state index contributed by atoms with van der Waals surface area (Å²) in [5, 5.41) is 40.4. The Morgan fingerprint density at radius 3 is 2.21 bits per heavy atom. The van der Waals surface area contributed by atoms with Gasteiger partial charge in [0.25, 0.3) is 0 Å². The van der Waals surface area contributed by atoms with E-state index in [4.69, 9.17) is 5.11 Å². The molecule has 136 valence electrons. The summed E-state index contributed by atoms with van der Waals surface area (Å²) in [4.78, 5) is 10.9. The molecule has 0 bridgehead atoms. The summed E-state index contributed by atoms with van der Waals surface area (Å²) in [6.45, 7) is 7.43.